The molecule has 1 aromatic heterocycles. The fourth-order valence-corrected chi connectivity index (χ4v) is 2.15. The molecule has 0 bridgehead atoms. The van der Waals surface area contributed by atoms with Crippen LogP contribution >= 0.6 is 0 Å². The summed E-state index contributed by atoms with van der Waals surface area (Å²) in [7, 11) is 1.68. The minimum atomic E-state index is 0. The number of fused-ring (bicyclic) bond motifs is 1. The Kier molecular flexibility index (Phi) is 10.9. The average Bonchev–Trinajstić information content (AvgIpc) is 2.44. The van der Waals surface area contributed by atoms with Crippen LogP contribution in [0.15, 0.2) is 30.5 Å². The van der Waals surface area contributed by atoms with Crippen LogP contribution in [-0.2, 0) is 0 Å². The Labute approximate surface area is 170 Å². The molecule has 106 valence electrons. The van der Waals surface area contributed by atoms with Gasteiger partial charge >= 0.3 is 59.1 Å². The normalized spacial score (nSPS) is 11.2. The van der Waals surface area contributed by atoms with Crippen molar-refractivity contribution in [1.29, 1.82) is 0 Å². The van der Waals surface area contributed by atoms with Gasteiger partial charge in [-0.2, -0.15) is 0 Å². The van der Waals surface area contributed by atoms with E-state index in [1.807, 2.05) is 30.5 Å². The second kappa shape index (κ2) is 10.8. The van der Waals surface area contributed by atoms with Gasteiger partial charge in [-0.15, -0.1) is 0 Å². The van der Waals surface area contributed by atoms with Crippen LogP contribution in [0.25, 0.3) is 10.9 Å². The van der Waals surface area contributed by atoms with Crippen molar-refractivity contribution in [2.24, 2.45) is 5.73 Å². The van der Waals surface area contributed by atoms with Gasteiger partial charge in [-0.05, 0) is 38.4 Å². The van der Waals surface area contributed by atoms with Crippen LogP contribution < -0.4 is 15.8 Å². The van der Waals surface area contributed by atoms with Gasteiger partial charge in [-0.1, -0.05) is 6.07 Å². The van der Waals surface area contributed by atoms with Gasteiger partial charge in [-0.25, -0.2) is 0 Å². The van der Waals surface area contributed by atoms with Crippen molar-refractivity contribution >= 4 is 75.7 Å². The Morgan fingerprint density at radius 2 is 2.10 bits per heavy atom. The number of aromatic nitrogens is 1. The molecule has 0 aliphatic rings. The molecule has 0 saturated carbocycles. The molecule has 1 aromatic carbocycles. The molecule has 1 heterocycles. The zero-order valence-corrected chi connectivity index (χ0v) is 11.5. The number of nitrogens with zero attached hydrogens (tertiary/aromatic N) is 1. The molecule has 0 aliphatic heterocycles. The van der Waals surface area contributed by atoms with Crippen molar-refractivity contribution in [2.75, 3.05) is 19.0 Å². The molecule has 0 saturated heterocycles. The molecule has 0 fully saturated rings. The number of rotatable bonds is 6. The van der Waals surface area contributed by atoms with Crippen LogP contribution in [0.3, 0.4) is 0 Å². The van der Waals surface area contributed by atoms with Crippen LogP contribution in [-0.4, -0.2) is 83.8 Å². The third-order valence-electron chi connectivity index (χ3n) is 3.16. The van der Waals surface area contributed by atoms with Gasteiger partial charge in [0.2, 0.25) is 0 Å². The van der Waals surface area contributed by atoms with E-state index in [-0.39, 0.29) is 59.1 Å². The quantitative estimate of drug-likeness (QED) is 0.794. The van der Waals surface area contributed by atoms with E-state index in [0.717, 1.165) is 41.7 Å². The van der Waals surface area contributed by atoms with E-state index in [1.54, 1.807) is 7.11 Å². The summed E-state index contributed by atoms with van der Waals surface area (Å²) in [6.07, 6.45) is 3.87. The number of hydrogen-bond acceptors (Lipinski definition) is 4. The van der Waals surface area contributed by atoms with Gasteiger partial charge in [0.1, 0.15) is 5.75 Å². The molecule has 0 spiro atoms. The first-order valence-corrected chi connectivity index (χ1v) is 6.64. The first-order valence-electron chi connectivity index (χ1n) is 6.64. The summed E-state index contributed by atoms with van der Waals surface area (Å²) >= 11 is 0. The molecule has 1 unspecified atom stereocenters. The number of nitrogens with one attached hydrogen (secondary N) is 1. The van der Waals surface area contributed by atoms with Gasteiger partial charge < -0.3 is 15.8 Å². The van der Waals surface area contributed by atoms with Crippen LogP contribution in [0.4, 0.5) is 5.69 Å². The second-order valence-corrected chi connectivity index (χ2v) is 4.73. The van der Waals surface area contributed by atoms with Crippen LogP contribution in [0.2, 0.25) is 0 Å². The molecular formula is C15H23N3Na2O. The zero-order valence-electron chi connectivity index (χ0n) is 11.5. The first-order chi connectivity index (χ1) is 9.24. The van der Waals surface area contributed by atoms with Crippen molar-refractivity contribution in [3.63, 3.8) is 0 Å². The summed E-state index contributed by atoms with van der Waals surface area (Å²) in [6, 6.07) is 8.33. The van der Waals surface area contributed by atoms with E-state index in [0.29, 0.717) is 6.04 Å². The predicted octanol–water partition coefficient (Wildman–Crippen LogP) is 1.49. The van der Waals surface area contributed by atoms with Crippen LogP contribution in [0.5, 0.6) is 5.75 Å². The van der Waals surface area contributed by atoms with E-state index >= 15 is 0 Å². The Balaban J connectivity index is 0.00000200. The molecule has 21 heavy (non-hydrogen) atoms. The number of pyridine rings is 1. The predicted molar refractivity (Wildman–Crippen MR) is 94.0 cm³/mol. The molecule has 1 atom stereocenters. The second-order valence-electron chi connectivity index (χ2n) is 4.73. The van der Waals surface area contributed by atoms with E-state index < -0.39 is 0 Å². The van der Waals surface area contributed by atoms with Crippen molar-refractivity contribution in [3.05, 3.63) is 30.5 Å². The molecule has 3 N–H and O–H groups in total. The monoisotopic (exact) mass is 307 g/mol. The number of methoxy groups -OCH3 is 1. The Bertz CT molecular complexity index is 551. The van der Waals surface area contributed by atoms with Gasteiger partial charge in [0.15, 0.2) is 0 Å². The third-order valence-corrected chi connectivity index (χ3v) is 3.16. The summed E-state index contributed by atoms with van der Waals surface area (Å²) in [5, 5.41) is 4.58. The van der Waals surface area contributed by atoms with E-state index in [1.165, 1.54) is 0 Å². The van der Waals surface area contributed by atoms with Crippen LogP contribution in [0, 0.1) is 0 Å². The molecular weight excluding hydrogens is 284 g/mol. The fraction of sp³-hybridized carbons (Fsp3) is 0.400. The van der Waals surface area contributed by atoms with E-state index in [9.17, 15) is 0 Å². The van der Waals surface area contributed by atoms with E-state index in [4.69, 9.17) is 10.5 Å². The molecule has 4 nitrogen and oxygen atoms in total. The standard InChI is InChI=1S/C15H21N3O.2Na.2H/c1-11(5-3-7-16)18-14-10-13(19-2)9-12-6-4-8-17-15(12)14;;;;/h4,6,8-11,18H,3,5,7,16H2,1-2H3;;;;. The van der Waals surface area contributed by atoms with Gasteiger partial charge in [0, 0.05) is 23.7 Å². The molecule has 2 rings (SSSR count). The van der Waals surface area contributed by atoms with Gasteiger partial charge in [0.05, 0.1) is 18.3 Å². The van der Waals surface area contributed by atoms with Crippen molar-refractivity contribution in [1.82, 2.24) is 4.98 Å². The molecule has 2 aromatic rings. The molecule has 0 aliphatic carbocycles. The molecule has 6 heteroatoms. The number of ether oxygens (including phenoxy) is 1. The SMILES string of the molecule is COc1cc(NC(C)CCCN)c2ncccc2c1.[NaH].[NaH]. The van der Waals surface area contributed by atoms with Crippen LogP contribution in [0.1, 0.15) is 19.8 Å². The Morgan fingerprint density at radius 1 is 1.33 bits per heavy atom. The Hall–Kier alpha value is 0.190. The summed E-state index contributed by atoms with van der Waals surface area (Å²) in [6.45, 7) is 2.88. The number of hydrogen-bond donors (Lipinski definition) is 2. The maximum absolute atomic E-state index is 5.55. The van der Waals surface area contributed by atoms with E-state index in [2.05, 4.69) is 17.2 Å². The summed E-state index contributed by atoms with van der Waals surface area (Å²) in [5.41, 5.74) is 7.53. The number of anilines is 1. The summed E-state index contributed by atoms with van der Waals surface area (Å²) in [4.78, 5) is 4.45. The van der Waals surface area contributed by atoms with Gasteiger partial charge in [0.25, 0.3) is 0 Å². The van der Waals surface area contributed by atoms with Gasteiger partial charge in [-0.3, -0.25) is 4.98 Å². The van der Waals surface area contributed by atoms with Crippen molar-refractivity contribution in [3.8, 4) is 5.75 Å². The number of nitrogens with two attached hydrogens (primary N) is 1. The fourth-order valence-electron chi connectivity index (χ4n) is 2.15. The molecule has 0 amide bonds. The molecule has 0 radical (unpaired) electrons. The average molecular weight is 307 g/mol. The summed E-state index contributed by atoms with van der Waals surface area (Å²) < 4.78 is 5.34. The maximum atomic E-state index is 5.55. The van der Waals surface area contributed by atoms with Crippen molar-refractivity contribution in [2.45, 2.75) is 25.8 Å². The third kappa shape index (κ3) is 6.06. The first kappa shape index (κ1) is 21.2. The number of benzene rings is 1. The summed E-state index contributed by atoms with van der Waals surface area (Å²) in [5.74, 6) is 0.842. The Morgan fingerprint density at radius 3 is 2.76 bits per heavy atom. The minimum absolute atomic E-state index is 0. The van der Waals surface area contributed by atoms with Crippen molar-refractivity contribution < 1.29 is 4.74 Å². The zero-order chi connectivity index (χ0) is 13.7. The topological polar surface area (TPSA) is 60.2 Å².